The zero-order valence-electron chi connectivity index (χ0n) is 8.49. The van der Waals surface area contributed by atoms with E-state index in [1.54, 1.807) is 0 Å². The van der Waals surface area contributed by atoms with Crippen molar-refractivity contribution in [2.45, 2.75) is 32.7 Å². The normalized spacial score (nSPS) is 11.2. The smallest absolute Gasteiger partial charge is 0.0870 e. The first-order valence-corrected chi connectivity index (χ1v) is 5.12. The Labute approximate surface area is 85.9 Å². The highest BCUT2D eigenvalue weighted by Crippen LogP contribution is 2.00. The first-order valence-electron chi connectivity index (χ1n) is 4.71. The third kappa shape index (κ3) is 6.93. The van der Waals surface area contributed by atoms with Gasteiger partial charge in [-0.2, -0.15) is 0 Å². The Balaban J connectivity index is 3.74. The van der Waals surface area contributed by atoms with Gasteiger partial charge in [-0.25, -0.2) is 0 Å². The van der Waals surface area contributed by atoms with E-state index in [-0.39, 0.29) is 6.61 Å². The summed E-state index contributed by atoms with van der Waals surface area (Å²) in [6.07, 6.45) is 1.85. The average molecular weight is 204 g/mol. The molecule has 0 saturated carbocycles. The van der Waals surface area contributed by atoms with E-state index < -0.39 is 0 Å². The number of nitrogens with two attached hydrogens (primary N) is 1. The lowest BCUT2D eigenvalue weighted by molar-refractivity contribution is 0.229. The molecule has 0 unspecified atom stereocenters. The molecule has 0 fully saturated rings. The van der Waals surface area contributed by atoms with Crippen molar-refractivity contribution in [3.63, 3.8) is 0 Å². The number of aliphatic hydroxyl groups excluding tert-OH is 1. The number of hydrogen-bond donors (Lipinski definition) is 2. The highest BCUT2D eigenvalue weighted by atomic mass is 32.1. The Hall–Kier alpha value is -0.190. The summed E-state index contributed by atoms with van der Waals surface area (Å²) in [7, 11) is 0. The highest BCUT2D eigenvalue weighted by molar-refractivity contribution is 7.80. The number of nitrogens with zero attached hydrogens (tertiary/aromatic N) is 1. The second kappa shape index (κ2) is 7.24. The van der Waals surface area contributed by atoms with Gasteiger partial charge in [-0.1, -0.05) is 12.2 Å². The summed E-state index contributed by atoms with van der Waals surface area (Å²) in [6, 6.07) is 0.459. The molecule has 0 rings (SSSR count). The molecule has 4 heteroatoms. The molecule has 0 aliphatic carbocycles. The van der Waals surface area contributed by atoms with Crippen LogP contribution >= 0.6 is 12.2 Å². The first kappa shape index (κ1) is 12.8. The van der Waals surface area contributed by atoms with Crippen LogP contribution in [-0.2, 0) is 0 Å². The monoisotopic (exact) mass is 204 g/mol. The third-order valence-corrected chi connectivity index (χ3v) is 2.07. The maximum Gasteiger partial charge on any atom is 0.0870 e. The van der Waals surface area contributed by atoms with E-state index in [4.69, 9.17) is 23.1 Å². The molecule has 0 atom stereocenters. The summed E-state index contributed by atoms with van der Waals surface area (Å²) in [5.41, 5.74) is 5.48. The molecule has 3 N–H and O–H groups in total. The number of thiocarbonyl (C=S) groups is 1. The van der Waals surface area contributed by atoms with E-state index in [2.05, 4.69) is 18.7 Å². The van der Waals surface area contributed by atoms with Gasteiger partial charge in [-0.15, -0.1) is 0 Å². The standard InChI is InChI=1S/C9H20N2OS/c1-8(2)11(7-9(10)13)5-3-4-6-12/h8,12H,3-7H2,1-2H3,(H2,10,13). The molecule has 0 spiro atoms. The van der Waals surface area contributed by atoms with E-state index in [9.17, 15) is 0 Å². The van der Waals surface area contributed by atoms with E-state index in [1.165, 1.54) is 0 Å². The predicted octanol–water partition coefficient (Wildman–Crippen LogP) is 0.755. The molecule has 13 heavy (non-hydrogen) atoms. The Morgan fingerprint density at radius 1 is 1.46 bits per heavy atom. The summed E-state index contributed by atoms with van der Waals surface area (Å²) in [6.45, 7) is 6.14. The van der Waals surface area contributed by atoms with Crippen molar-refractivity contribution in [3.8, 4) is 0 Å². The van der Waals surface area contributed by atoms with Crippen molar-refractivity contribution in [1.82, 2.24) is 4.90 Å². The molecule has 78 valence electrons. The lowest BCUT2D eigenvalue weighted by Crippen LogP contribution is -2.38. The van der Waals surface area contributed by atoms with Gasteiger partial charge >= 0.3 is 0 Å². The fourth-order valence-electron chi connectivity index (χ4n) is 1.15. The largest absolute Gasteiger partial charge is 0.396 e. The number of aliphatic hydroxyl groups is 1. The van der Waals surface area contributed by atoms with Gasteiger partial charge in [0.25, 0.3) is 0 Å². The molecule has 0 amide bonds. The van der Waals surface area contributed by atoms with Crippen LogP contribution in [0.15, 0.2) is 0 Å². The minimum atomic E-state index is 0.263. The van der Waals surface area contributed by atoms with Gasteiger partial charge in [0, 0.05) is 19.2 Å². The second-order valence-corrected chi connectivity index (χ2v) is 3.99. The summed E-state index contributed by atoms with van der Waals surface area (Å²) in [5, 5.41) is 8.63. The zero-order chi connectivity index (χ0) is 10.3. The maximum atomic E-state index is 8.63. The maximum absolute atomic E-state index is 8.63. The highest BCUT2D eigenvalue weighted by Gasteiger charge is 2.09. The Morgan fingerprint density at radius 2 is 2.08 bits per heavy atom. The van der Waals surface area contributed by atoms with Crippen LogP contribution in [0.1, 0.15) is 26.7 Å². The molecule has 0 aliphatic rings. The third-order valence-electron chi connectivity index (χ3n) is 1.94. The van der Waals surface area contributed by atoms with Gasteiger partial charge in [-0.05, 0) is 33.2 Å². The second-order valence-electron chi connectivity index (χ2n) is 3.46. The SMILES string of the molecule is CC(C)N(CCCCO)CC(N)=S. The van der Waals surface area contributed by atoms with E-state index >= 15 is 0 Å². The number of unbranched alkanes of at least 4 members (excludes halogenated alkanes) is 1. The average Bonchev–Trinajstić information content (AvgIpc) is 2.02. The van der Waals surface area contributed by atoms with Crippen LogP contribution in [0.3, 0.4) is 0 Å². The predicted molar refractivity (Wildman–Crippen MR) is 59.8 cm³/mol. The molecule has 0 aromatic rings. The summed E-state index contributed by atoms with van der Waals surface area (Å²) in [5.74, 6) is 0. The van der Waals surface area contributed by atoms with Crippen molar-refractivity contribution in [3.05, 3.63) is 0 Å². The van der Waals surface area contributed by atoms with Gasteiger partial charge in [0.1, 0.15) is 0 Å². The van der Waals surface area contributed by atoms with Crippen molar-refractivity contribution in [2.75, 3.05) is 19.7 Å². The lowest BCUT2D eigenvalue weighted by atomic mass is 10.2. The van der Waals surface area contributed by atoms with Gasteiger partial charge < -0.3 is 10.8 Å². The van der Waals surface area contributed by atoms with Gasteiger partial charge in [0.15, 0.2) is 0 Å². The molecule has 0 aromatic carbocycles. The Bertz CT molecular complexity index is 151. The van der Waals surface area contributed by atoms with Crippen LogP contribution in [-0.4, -0.2) is 40.7 Å². The minimum Gasteiger partial charge on any atom is -0.396 e. The minimum absolute atomic E-state index is 0.263. The molecular weight excluding hydrogens is 184 g/mol. The molecule has 0 aromatic heterocycles. The fourth-order valence-corrected chi connectivity index (χ4v) is 1.31. The zero-order valence-corrected chi connectivity index (χ0v) is 9.31. The molecule has 0 bridgehead atoms. The van der Waals surface area contributed by atoms with Crippen LogP contribution in [0, 0.1) is 0 Å². The fraction of sp³-hybridized carbons (Fsp3) is 0.889. The number of rotatable bonds is 7. The lowest BCUT2D eigenvalue weighted by Gasteiger charge is -2.25. The van der Waals surface area contributed by atoms with Crippen molar-refractivity contribution < 1.29 is 5.11 Å². The summed E-state index contributed by atoms with van der Waals surface area (Å²) < 4.78 is 0. The topological polar surface area (TPSA) is 49.5 Å². The van der Waals surface area contributed by atoms with Crippen LogP contribution in [0.2, 0.25) is 0 Å². The summed E-state index contributed by atoms with van der Waals surface area (Å²) in [4.78, 5) is 2.76. The van der Waals surface area contributed by atoms with Crippen LogP contribution in [0.4, 0.5) is 0 Å². The molecule has 0 saturated heterocycles. The van der Waals surface area contributed by atoms with Crippen LogP contribution in [0.25, 0.3) is 0 Å². The summed E-state index contributed by atoms with van der Waals surface area (Å²) >= 11 is 4.86. The molecule has 0 radical (unpaired) electrons. The van der Waals surface area contributed by atoms with E-state index in [0.717, 1.165) is 19.4 Å². The Morgan fingerprint density at radius 3 is 2.46 bits per heavy atom. The van der Waals surface area contributed by atoms with E-state index in [0.29, 0.717) is 17.6 Å². The van der Waals surface area contributed by atoms with Gasteiger partial charge in [0.2, 0.25) is 0 Å². The molecule has 0 heterocycles. The number of hydrogen-bond acceptors (Lipinski definition) is 3. The van der Waals surface area contributed by atoms with E-state index in [1.807, 2.05) is 0 Å². The van der Waals surface area contributed by atoms with Gasteiger partial charge in [0.05, 0.1) is 4.99 Å². The van der Waals surface area contributed by atoms with Gasteiger partial charge in [-0.3, -0.25) is 4.90 Å². The molecule has 3 nitrogen and oxygen atoms in total. The molecular formula is C9H20N2OS. The van der Waals surface area contributed by atoms with Crippen molar-refractivity contribution >= 4 is 17.2 Å². The van der Waals surface area contributed by atoms with Crippen molar-refractivity contribution in [2.24, 2.45) is 5.73 Å². The molecule has 0 aliphatic heterocycles. The van der Waals surface area contributed by atoms with Crippen LogP contribution in [0.5, 0.6) is 0 Å². The quantitative estimate of drug-likeness (QED) is 0.475. The van der Waals surface area contributed by atoms with Crippen LogP contribution < -0.4 is 5.73 Å². The van der Waals surface area contributed by atoms with Crippen molar-refractivity contribution in [1.29, 1.82) is 0 Å². The Kier molecular flexibility index (Phi) is 7.13. The first-order chi connectivity index (χ1) is 6.07.